The summed E-state index contributed by atoms with van der Waals surface area (Å²) in [5, 5.41) is 9.21. The van der Waals surface area contributed by atoms with Crippen LogP contribution in [0.5, 0.6) is 0 Å². The summed E-state index contributed by atoms with van der Waals surface area (Å²) < 4.78 is 4.05. The highest BCUT2D eigenvalue weighted by Crippen LogP contribution is 2.32. The quantitative estimate of drug-likeness (QED) is 0.868. The number of nitrogens with zero attached hydrogens (tertiary/aromatic N) is 5. The molecule has 114 valence electrons. The normalized spacial score (nSPS) is 17.2. The van der Waals surface area contributed by atoms with Crippen molar-refractivity contribution in [3.8, 4) is 0 Å². The molecule has 0 saturated heterocycles. The zero-order valence-corrected chi connectivity index (χ0v) is 13.7. The van der Waals surface area contributed by atoms with Crippen molar-refractivity contribution in [1.29, 1.82) is 0 Å². The number of aromatic nitrogens is 5. The first kappa shape index (κ1) is 14.3. The first-order valence-corrected chi connectivity index (χ1v) is 7.81. The summed E-state index contributed by atoms with van der Waals surface area (Å²) in [5.74, 6) is 2.79. The Bertz CT molecular complexity index is 627. The van der Waals surface area contributed by atoms with Crippen LogP contribution in [0.4, 0.5) is 0 Å². The van der Waals surface area contributed by atoms with Gasteiger partial charge in [-0.05, 0) is 58.9 Å². The molecular formula is C16H25N5. The third-order valence-electron chi connectivity index (χ3n) is 3.98. The van der Waals surface area contributed by atoms with Gasteiger partial charge in [0.05, 0.1) is 11.7 Å². The molecule has 0 aromatic carbocycles. The summed E-state index contributed by atoms with van der Waals surface area (Å²) in [6.07, 6.45) is 7.62. The second-order valence-corrected chi connectivity index (χ2v) is 7.29. The van der Waals surface area contributed by atoms with E-state index in [0.717, 1.165) is 24.0 Å². The van der Waals surface area contributed by atoms with Crippen LogP contribution in [-0.4, -0.2) is 24.5 Å². The molecule has 1 aliphatic carbocycles. The van der Waals surface area contributed by atoms with Crippen LogP contribution in [0.3, 0.4) is 0 Å². The fraction of sp³-hybridized carbons (Fsp3) is 0.688. The Morgan fingerprint density at radius 2 is 2.05 bits per heavy atom. The molecule has 1 aliphatic rings. The van der Waals surface area contributed by atoms with E-state index in [1.807, 2.05) is 10.9 Å². The molecular weight excluding hydrogens is 262 g/mol. The maximum absolute atomic E-state index is 4.83. The first-order chi connectivity index (χ1) is 9.84. The topological polar surface area (TPSA) is 48.5 Å². The van der Waals surface area contributed by atoms with Crippen molar-refractivity contribution in [2.24, 2.45) is 5.92 Å². The lowest BCUT2D eigenvalue weighted by Crippen LogP contribution is -2.28. The van der Waals surface area contributed by atoms with Crippen molar-refractivity contribution in [2.45, 2.75) is 65.5 Å². The molecule has 0 N–H and O–H groups in total. The Morgan fingerprint density at radius 1 is 1.33 bits per heavy atom. The number of hydrogen-bond acceptors (Lipinski definition) is 3. The molecule has 1 unspecified atom stereocenters. The summed E-state index contributed by atoms with van der Waals surface area (Å²) in [6, 6.07) is 0.0957. The minimum Gasteiger partial charge on any atom is -0.262 e. The van der Waals surface area contributed by atoms with Crippen molar-refractivity contribution in [3.05, 3.63) is 29.6 Å². The molecule has 1 saturated carbocycles. The maximum Gasteiger partial charge on any atom is 0.152 e. The zero-order valence-electron chi connectivity index (χ0n) is 13.7. The minimum absolute atomic E-state index is 0.0689. The van der Waals surface area contributed by atoms with E-state index in [9.17, 15) is 0 Å². The lowest BCUT2D eigenvalue weighted by Gasteiger charge is -2.23. The lowest BCUT2D eigenvalue weighted by atomic mass is 10.1. The second-order valence-electron chi connectivity index (χ2n) is 7.29. The molecule has 2 aromatic heterocycles. The van der Waals surface area contributed by atoms with Crippen molar-refractivity contribution < 1.29 is 0 Å². The smallest absolute Gasteiger partial charge is 0.152 e. The van der Waals surface area contributed by atoms with E-state index in [1.54, 1.807) is 0 Å². The predicted octanol–water partition coefficient (Wildman–Crippen LogP) is 3.10. The van der Waals surface area contributed by atoms with E-state index in [1.165, 1.54) is 18.4 Å². The Labute approximate surface area is 126 Å². The van der Waals surface area contributed by atoms with E-state index in [0.29, 0.717) is 0 Å². The number of hydrogen-bond donors (Lipinski definition) is 0. The molecule has 2 heterocycles. The highest BCUT2D eigenvalue weighted by molar-refractivity contribution is 5.07. The molecule has 2 aromatic rings. The molecule has 0 radical (unpaired) electrons. The average Bonchev–Trinajstić information content (AvgIpc) is 2.92. The van der Waals surface area contributed by atoms with Crippen LogP contribution in [0.15, 0.2) is 12.4 Å². The van der Waals surface area contributed by atoms with Gasteiger partial charge in [-0.15, -0.1) is 0 Å². The predicted molar refractivity (Wildman–Crippen MR) is 82.2 cm³/mol. The van der Waals surface area contributed by atoms with Crippen LogP contribution < -0.4 is 0 Å². The Kier molecular flexibility index (Phi) is 3.38. The SMILES string of the molecule is Cc1cnn(C(C)c2nc(CC3CC3)nn2C(C)(C)C)c1. The number of aryl methyl sites for hydroxylation is 1. The first-order valence-electron chi connectivity index (χ1n) is 7.81. The van der Waals surface area contributed by atoms with Gasteiger partial charge in [-0.3, -0.25) is 4.68 Å². The van der Waals surface area contributed by atoms with Crippen molar-refractivity contribution >= 4 is 0 Å². The van der Waals surface area contributed by atoms with Gasteiger partial charge in [0.1, 0.15) is 6.04 Å². The molecule has 0 spiro atoms. The van der Waals surface area contributed by atoms with Gasteiger partial charge >= 0.3 is 0 Å². The average molecular weight is 287 g/mol. The molecule has 0 amide bonds. The zero-order chi connectivity index (χ0) is 15.2. The van der Waals surface area contributed by atoms with Crippen LogP contribution >= 0.6 is 0 Å². The van der Waals surface area contributed by atoms with Gasteiger partial charge in [0.15, 0.2) is 11.6 Å². The van der Waals surface area contributed by atoms with Crippen LogP contribution in [0.1, 0.15) is 63.8 Å². The highest BCUT2D eigenvalue weighted by atomic mass is 15.4. The molecule has 1 fully saturated rings. The molecule has 3 rings (SSSR count). The summed E-state index contributed by atoms with van der Waals surface area (Å²) >= 11 is 0. The fourth-order valence-electron chi connectivity index (χ4n) is 2.56. The second kappa shape index (κ2) is 4.97. The van der Waals surface area contributed by atoms with Crippen LogP contribution in [0, 0.1) is 12.8 Å². The van der Waals surface area contributed by atoms with Crippen LogP contribution in [0.25, 0.3) is 0 Å². The summed E-state index contributed by atoms with van der Waals surface area (Å²) in [6.45, 7) is 10.7. The van der Waals surface area contributed by atoms with Crippen molar-refractivity contribution in [2.75, 3.05) is 0 Å². The third kappa shape index (κ3) is 3.01. The summed E-state index contributed by atoms with van der Waals surface area (Å²) in [4.78, 5) is 4.83. The minimum atomic E-state index is -0.0689. The Morgan fingerprint density at radius 3 is 2.57 bits per heavy atom. The van der Waals surface area contributed by atoms with E-state index in [4.69, 9.17) is 10.1 Å². The fourth-order valence-corrected chi connectivity index (χ4v) is 2.56. The largest absolute Gasteiger partial charge is 0.262 e. The van der Waals surface area contributed by atoms with Gasteiger partial charge in [-0.2, -0.15) is 10.2 Å². The van der Waals surface area contributed by atoms with Gasteiger partial charge in [0.2, 0.25) is 0 Å². The van der Waals surface area contributed by atoms with Gasteiger partial charge in [-0.1, -0.05) is 0 Å². The summed E-state index contributed by atoms with van der Waals surface area (Å²) in [7, 11) is 0. The van der Waals surface area contributed by atoms with Crippen molar-refractivity contribution in [3.63, 3.8) is 0 Å². The monoisotopic (exact) mass is 287 g/mol. The molecule has 1 atom stereocenters. The van der Waals surface area contributed by atoms with Gasteiger partial charge in [-0.25, -0.2) is 9.67 Å². The van der Waals surface area contributed by atoms with Gasteiger partial charge in [0, 0.05) is 12.6 Å². The molecule has 0 bridgehead atoms. The third-order valence-corrected chi connectivity index (χ3v) is 3.98. The maximum atomic E-state index is 4.83. The van der Waals surface area contributed by atoms with E-state index in [2.05, 4.69) is 50.6 Å². The molecule has 5 nitrogen and oxygen atoms in total. The Balaban J connectivity index is 1.96. The van der Waals surface area contributed by atoms with E-state index < -0.39 is 0 Å². The molecule has 21 heavy (non-hydrogen) atoms. The number of rotatable bonds is 4. The molecule has 0 aliphatic heterocycles. The van der Waals surface area contributed by atoms with Crippen molar-refractivity contribution in [1.82, 2.24) is 24.5 Å². The highest BCUT2D eigenvalue weighted by Gasteiger charge is 2.29. The standard InChI is InChI=1S/C16H25N5/c1-11-9-17-20(10-11)12(2)15-18-14(8-13-6-7-13)19-21(15)16(3,4)5/h9-10,12-13H,6-8H2,1-5H3. The molecule has 5 heteroatoms. The van der Waals surface area contributed by atoms with Gasteiger partial charge in [0.25, 0.3) is 0 Å². The van der Waals surface area contributed by atoms with Crippen LogP contribution in [0.2, 0.25) is 0 Å². The Hall–Kier alpha value is -1.65. The van der Waals surface area contributed by atoms with E-state index in [-0.39, 0.29) is 11.6 Å². The van der Waals surface area contributed by atoms with E-state index >= 15 is 0 Å². The lowest BCUT2D eigenvalue weighted by molar-refractivity contribution is 0.324. The van der Waals surface area contributed by atoms with Gasteiger partial charge < -0.3 is 0 Å². The van der Waals surface area contributed by atoms with Crippen LogP contribution in [-0.2, 0) is 12.0 Å². The summed E-state index contributed by atoms with van der Waals surface area (Å²) in [5.41, 5.74) is 1.10.